The SMILES string of the molecule is CC1(C)CON(Cc2ccc(Cl)s2)C1=O. The van der Waals surface area contributed by atoms with Gasteiger partial charge in [-0.05, 0) is 26.0 Å². The van der Waals surface area contributed by atoms with Crippen molar-refractivity contribution in [3.63, 3.8) is 0 Å². The number of halogens is 1. The van der Waals surface area contributed by atoms with Gasteiger partial charge in [0.2, 0.25) is 0 Å². The van der Waals surface area contributed by atoms with E-state index in [1.807, 2.05) is 26.0 Å². The standard InChI is InChI=1S/C10H12ClNO2S/c1-10(2)6-14-12(9(10)13)5-7-3-4-8(11)15-7/h3-4H,5-6H2,1-2H3. The Labute approximate surface area is 97.5 Å². The number of thiophene rings is 1. The lowest BCUT2D eigenvalue weighted by molar-refractivity contribution is -0.164. The number of amides is 1. The van der Waals surface area contributed by atoms with Crippen LogP contribution in [0.4, 0.5) is 0 Å². The molecule has 1 aromatic rings. The average molecular weight is 246 g/mol. The Morgan fingerprint density at radius 2 is 2.33 bits per heavy atom. The second-order valence-corrected chi connectivity index (χ2v) is 6.00. The maximum absolute atomic E-state index is 11.8. The number of carbonyl (C=O) groups is 1. The highest BCUT2D eigenvalue weighted by molar-refractivity contribution is 7.16. The molecule has 0 radical (unpaired) electrons. The summed E-state index contributed by atoms with van der Waals surface area (Å²) < 4.78 is 0.732. The highest BCUT2D eigenvalue weighted by Crippen LogP contribution is 2.30. The van der Waals surface area contributed by atoms with Crippen LogP contribution >= 0.6 is 22.9 Å². The van der Waals surface area contributed by atoms with Crippen molar-refractivity contribution in [2.75, 3.05) is 6.61 Å². The highest BCUT2D eigenvalue weighted by Gasteiger charge is 2.40. The second-order valence-electron chi connectivity index (χ2n) is 4.20. The van der Waals surface area contributed by atoms with E-state index in [0.717, 1.165) is 9.21 Å². The summed E-state index contributed by atoms with van der Waals surface area (Å²) in [4.78, 5) is 18.2. The molecule has 3 nitrogen and oxygen atoms in total. The van der Waals surface area contributed by atoms with Gasteiger partial charge in [0.15, 0.2) is 0 Å². The first-order valence-corrected chi connectivity index (χ1v) is 5.87. The van der Waals surface area contributed by atoms with Crippen LogP contribution in [-0.2, 0) is 16.2 Å². The molecule has 0 atom stereocenters. The van der Waals surface area contributed by atoms with Crippen molar-refractivity contribution < 1.29 is 9.63 Å². The van der Waals surface area contributed by atoms with Crippen LogP contribution in [0.3, 0.4) is 0 Å². The van der Waals surface area contributed by atoms with E-state index in [-0.39, 0.29) is 5.91 Å². The van der Waals surface area contributed by atoms with Gasteiger partial charge in [-0.25, -0.2) is 5.06 Å². The Morgan fingerprint density at radius 3 is 2.80 bits per heavy atom. The first kappa shape index (κ1) is 10.9. The summed E-state index contributed by atoms with van der Waals surface area (Å²) in [6.07, 6.45) is 0. The summed E-state index contributed by atoms with van der Waals surface area (Å²) in [5.74, 6) is 0.0343. The highest BCUT2D eigenvalue weighted by atomic mass is 35.5. The molecule has 0 aliphatic carbocycles. The van der Waals surface area contributed by atoms with Crippen molar-refractivity contribution in [1.29, 1.82) is 0 Å². The minimum absolute atomic E-state index is 0.0343. The molecule has 1 aliphatic heterocycles. The molecule has 1 amide bonds. The Kier molecular flexibility index (Phi) is 2.75. The molecule has 1 saturated heterocycles. The molecule has 0 aromatic carbocycles. The molecule has 1 aromatic heterocycles. The van der Waals surface area contributed by atoms with Gasteiger partial charge in [0, 0.05) is 4.88 Å². The lowest BCUT2D eigenvalue weighted by Crippen LogP contribution is -2.30. The lowest BCUT2D eigenvalue weighted by Gasteiger charge is -2.15. The Morgan fingerprint density at radius 1 is 1.60 bits per heavy atom. The average Bonchev–Trinajstić information content (AvgIpc) is 2.66. The van der Waals surface area contributed by atoms with Gasteiger partial charge in [-0.15, -0.1) is 11.3 Å². The fraction of sp³-hybridized carbons (Fsp3) is 0.500. The van der Waals surface area contributed by atoms with Gasteiger partial charge in [0.25, 0.3) is 5.91 Å². The molecular weight excluding hydrogens is 234 g/mol. The van der Waals surface area contributed by atoms with Crippen molar-refractivity contribution in [1.82, 2.24) is 5.06 Å². The van der Waals surface area contributed by atoms with Crippen LogP contribution in [0, 0.1) is 5.41 Å². The topological polar surface area (TPSA) is 29.5 Å². The van der Waals surface area contributed by atoms with Crippen LogP contribution in [0.2, 0.25) is 4.34 Å². The third-order valence-electron chi connectivity index (χ3n) is 2.32. The molecule has 0 spiro atoms. The second kappa shape index (κ2) is 3.77. The van der Waals surface area contributed by atoms with Gasteiger partial charge < -0.3 is 0 Å². The first-order valence-electron chi connectivity index (χ1n) is 4.68. The predicted molar refractivity (Wildman–Crippen MR) is 59.6 cm³/mol. The number of carbonyl (C=O) groups excluding carboxylic acids is 1. The van der Waals surface area contributed by atoms with Crippen molar-refractivity contribution in [2.24, 2.45) is 5.41 Å². The van der Waals surface area contributed by atoms with Gasteiger partial charge in [-0.1, -0.05) is 11.6 Å². The van der Waals surface area contributed by atoms with Crippen molar-refractivity contribution in [2.45, 2.75) is 20.4 Å². The molecule has 2 rings (SSSR count). The van der Waals surface area contributed by atoms with E-state index in [9.17, 15) is 4.79 Å². The van der Waals surface area contributed by atoms with E-state index >= 15 is 0 Å². The van der Waals surface area contributed by atoms with Crippen LogP contribution in [0.5, 0.6) is 0 Å². The van der Waals surface area contributed by atoms with E-state index in [0.29, 0.717) is 13.2 Å². The molecule has 0 bridgehead atoms. The molecule has 1 fully saturated rings. The Balaban J connectivity index is 2.06. The Bertz CT molecular complexity index is 389. The van der Waals surface area contributed by atoms with Gasteiger partial charge in [-0.3, -0.25) is 9.63 Å². The zero-order valence-electron chi connectivity index (χ0n) is 8.62. The molecule has 5 heteroatoms. The maximum atomic E-state index is 11.8. The first-order chi connectivity index (χ1) is 6.99. The maximum Gasteiger partial charge on any atom is 0.254 e. The quantitative estimate of drug-likeness (QED) is 0.802. The molecule has 82 valence electrons. The summed E-state index contributed by atoms with van der Waals surface area (Å²) in [6, 6.07) is 3.74. The molecule has 2 heterocycles. The van der Waals surface area contributed by atoms with Crippen LogP contribution in [0.15, 0.2) is 12.1 Å². The van der Waals surface area contributed by atoms with Crippen molar-refractivity contribution in [3.8, 4) is 0 Å². The molecule has 0 N–H and O–H groups in total. The third kappa shape index (κ3) is 2.17. The van der Waals surface area contributed by atoms with Crippen molar-refractivity contribution in [3.05, 3.63) is 21.3 Å². The number of nitrogens with zero attached hydrogens (tertiary/aromatic N) is 1. The minimum Gasteiger partial charge on any atom is -0.272 e. The summed E-state index contributed by atoms with van der Waals surface area (Å²) in [6.45, 7) is 4.71. The summed E-state index contributed by atoms with van der Waals surface area (Å²) in [5.41, 5.74) is -0.402. The van der Waals surface area contributed by atoms with Crippen LogP contribution in [-0.4, -0.2) is 17.6 Å². The summed E-state index contributed by atoms with van der Waals surface area (Å²) >= 11 is 7.28. The van der Waals surface area contributed by atoms with Gasteiger partial charge in [-0.2, -0.15) is 0 Å². The fourth-order valence-electron chi connectivity index (χ4n) is 1.39. The molecule has 0 saturated carbocycles. The molecule has 15 heavy (non-hydrogen) atoms. The zero-order valence-corrected chi connectivity index (χ0v) is 10.2. The molecule has 0 unspecified atom stereocenters. The Hall–Kier alpha value is -0.580. The minimum atomic E-state index is -0.402. The monoisotopic (exact) mass is 245 g/mol. The summed E-state index contributed by atoms with van der Waals surface area (Å²) in [5, 5.41) is 1.42. The van der Waals surface area contributed by atoms with Crippen LogP contribution in [0.25, 0.3) is 0 Å². The van der Waals surface area contributed by atoms with Gasteiger partial charge in [0.05, 0.1) is 22.9 Å². The normalized spacial score (nSPS) is 19.9. The van der Waals surface area contributed by atoms with Crippen LogP contribution < -0.4 is 0 Å². The number of hydrogen-bond acceptors (Lipinski definition) is 3. The smallest absolute Gasteiger partial charge is 0.254 e. The number of rotatable bonds is 2. The fourth-order valence-corrected chi connectivity index (χ4v) is 2.46. The van der Waals surface area contributed by atoms with Gasteiger partial charge >= 0.3 is 0 Å². The van der Waals surface area contributed by atoms with Crippen LogP contribution in [0.1, 0.15) is 18.7 Å². The zero-order chi connectivity index (χ0) is 11.1. The van der Waals surface area contributed by atoms with E-state index in [2.05, 4.69) is 0 Å². The largest absolute Gasteiger partial charge is 0.272 e. The number of hydroxylamine groups is 2. The van der Waals surface area contributed by atoms with E-state index in [1.54, 1.807) is 0 Å². The molecular formula is C10H12ClNO2S. The van der Waals surface area contributed by atoms with Gasteiger partial charge in [0.1, 0.15) is 0 Å². The number of hydrogen-bond donors (Lipinski definition) is 0. The van der Waals surface area contributed by atoms with E-state index < -0.39 is 5.41 Å². The van der Waals surface area contributed by atoms with E-state index in [4.69, 9.17) is 16.4 Å². The lowest BCUT2D eigenvalue weighted by atomic mass is 9.95. The molecule has 1 aliphatic rings. The van der Waals surface area contributed by atoms with Crippen molar-refractivity contribution >= 4 is 28.8 Å². The predicted octanol–water partition coefficient (Wildman–Crippen LogP) is 2.70. The third-order valence-corrected chi connectivity index (χ3v) is 3.53. The summed E-state index contributed by atoms with van der Waals surface area (Å²) in [7, 11) is 0. The van der Waals surface area contributed by atoms with E-state index in [1.165, 1.54) is 16.4 Å².